The van der Waals surface area contributed by atoms with Crippen molar-refractivity contribution < 1.29 is 19.1 Å². The van der Waals surface area contributed by atoms with Crippen LogP contribution in [0.2, 0.25) is 0 Å². The standard InChI is InChI=1S/C48H70O4/c1-51-47(49)45-43-41-39-37-35-33-31-29-27-25-23-21-19-17-15-13-11-9-7-5-3-4-6-8-10-12-14-16-18-20-22-24-26-28-30-32-34-36-38-40-42-44-46-48(50)52-2/h3-21,23H,25-46H2,1-2H3/b4-3+,7-5+,8-6+,11-9+,12-10+,15-13+,16-14+,19-17+,20-18+,23-21-. The van der Waals surface area contributed by atoms with E-state index in [0.717, 1.165) is 38.5 Å². The smallest absolute Gasteiger partial charge is 0.305 e. The lowest BCUT2D eigenvalue weighted by Gasteiger charge is -2.02. The zero-order valence-electron chi connectivity index (χ0n) is 32.7. The molecule has 0 heterocycles. The highest BCUT2D eigenvalue weighted by Crippen LogP contribution is 2.13. The van der Waals surface area contributed by atoms with Crippen LogP contribution in [0.1, 0.15) is 141 Å². The summed E-state index contributed by atoms with van der Waals surface area (Å²) >= 11 is 0. The summed E-state index contributed by atoms with van der Waals surface area (Å²) in [6, 6.07) is 0. The van der Waals surface area contributed by atoms with E-state index in [9.17, 15) is 9.59 Å². The molecular formula is C48H70O4. The molecule has 0 aromatic carbocycles. The number of unbranched alkanes of at least 4 members (excludes halogenated alkanes) is 18. The first-order chi connectivity index (χ1) is 25.7. The van der Waals surface area contributed by atoms with Crippen LogP contribution in [0.3, 0.4) is 0 Å². The monoisotopic (exact) mass is 711 g/mol. The molecule has 286 valence electrons. The molecule has 0 spiro atoms. The summed E-state index contributed by atoms with van der Waals surface area (Å²) in [6.45, 7) is 0. The predicted molar refractivity (Wildman–Crippen MR) is 225 cm³/mol. The van der Waals surface area contributed by atoms with Gasteiger partial charge in [0.2, 0.25) is 0 Å². The Balaban J connectivity index is 3.67. The van der Waals surface area contributed by atoms with Crippen LogP contribution in [0.4, 0.5) is 0 Å². The molecule has 0 aromatic rings. The minimum atomic E-state index is -0.0926. The van der Waals surface area contributed by atoms with Crippen molar-refractivity contribution in [2.75, 3.05) is 14.2 Å². The van der Waals surface area contributed by atoms with E-state index in [4.69, 9.17) is 0 Å². The maximum atomic E-state index is 11.1. The number of allylic oxidation sites excluding steroid dienone is 20. The van der Waals surface area contributed by atoms with Crippen molar-refractivity contribution in [3.05, 3.63) is 122 Å². The lowest BCUT2D eigenvalue weighted by atomic mass is 10.1. The van der Waals surface area contributed by atoms with Crippen molar-refractivity contribution >= 4 is 11.9 Å². The summed E-state index contributed by atoms with van der Waals surface area (Å²) in [4.78, 5) is 22.1. The van der Waals surface area contributed by atoms with Gasteiger partial charge in [-0.25, -0.2) is 0 Å². The van der Waals surface area contributed by atoms with Gasteiger partial charge in [0.25, 0.3) is 0 Å². The predicted octanol–water partition coefficient (Wildman–Crippen LogP) is 13.5. The molecular weight excluding hydrogens is 641 g/mol. The molecule has 0 unspecified atom stereocenters. The average molecular weight is 711 g/mol. The Hall–Kier alpha value is -4.10. The van der Waals surface area contributed by atoms with Crippen LogP contribution in [0.5, 0.6) is 0 Å². The second-order valence-corrected chi connectivity index (χ2v) is 12.7. The van der Waals surface area contributed by atoms with Gasteiger partial charge in [0, 0.05) is 19.3 Å². The minimum Gasteiger partial charge on any atom is -0.469 e. The first-order valence-corrected chi connectivity index (χ1v) is 20.0. The van der Waals surface area contributed by atoms with Crippen molar-refractivity contribution in [3.63, 3.8) is 0 Å². The van der Waals surface area contributed by atoms with E-state index >= 15 is 0 Å². The van der Waals surface area contributed by atoms with Crippen LogP contribution in [-0.2, 0) is 19.1 Å². The van der Waals surface area contributed by atoms with Crippen LogP contribution >= 0.6 is 0 Å². The third-order valence-electron chi connectivity index (χ3n) is 8.20. The second-order valence-electron chi connectivity index (χ2n) is 12.7. The molecule has 4 heteroatoms. The van der Waals surface area contributed by atoms with Crippen molar-refractivity contribution in [1.82, 2.24) is 0 Å². The van der Waals surface area contributed by atoms with Gasteiger partial charge in [0.1, 0.15) is 0 Å². The topological polar surface area (TPSA) is 52.6 Å². The van der Waals surface area contributed by atoms with Gasteiger partial charge in [-0.05, 0) is 38.2 Å². The summed E-state index contributed by atoms with van der Waals surface area (Å²) in [5.74, 6) is 6.16. The number of methoxy groups -OCH3 is 2. The average Bonchev–Trinajstić information content (AvgIpc) is 3.16. The summed E-state index contributed by atoms with van der Waals surface area (Å²) in [5.41, 5.74) is 0. The zero-order valence-corrected chi connectivity index (χ0v) is 32.7. The molecule has 0 aliphatic carbocycles. The molecule has 0 amide bonds. The third-order valence-corrected chi connectivity index (χ3v) is 8.20. The maximum absolute atomic E-state index is 11.1. The summed E-state index contributed by atoms with van der Waals surface area (Å²) < 4.78 is 9.33. The summed E-state index contributed by atoms with van der Waals surface area (Å²) in [5, 5.41) is 0. The minimum absolute atomic E-state index is 0.0880. The highest BCUT2D eigenvalue weighted by Gasteiger charge is 2.00. The van der Waals surface area contributed by atoms with Gasteiger partial charge in [0.15, 0.2) is 0 Å². The molecule has 0 bridgehead atoms. The van der Waals surface area contributed by atoms with Crippen molar-refractivity contribution in [2.45, 2.75) is 141 Å². The molecule has 0 saturated heterocycles. The van der Waals surface area contributed by atoms with E-state index in [1.165, 1.54) is 104 Å². The number of esters is 2. The number of hydrogen-bond acceptors (Lipinski definition) is 4. The Kier molecular flexibility index (Phi) is 39.7. The van der Waals surface area contributed by atoms with Gasteiger partial charge in [-0.3, -0.25) is 9.59 Å². The summed E-state index contributed by atoms with van der Waals surface area (Å²) in [6.07, 6.45) is 65.8. The molecule has 0 aliphatic heterocycles. The Bertz CT molecular complexity index is 1210. The van der Waals surface area contributed by atoms with E-state index in [1.54, 1.807) is 0 Å². The van der Waals surface area contributed by atoms with Gasteiger partial charge in [0.05, 0.1) is 14.2 Å². The summed E-state index contributed by atoms with van der Waals surface area (Å²) in [7, 11) is 2.91. The van der Waals surface area contributed by atoms with Crippen LogP contribution in [0.15, 0.2) is 122 Å². The van der Waals surface area contributed by atoms with Gasteiger partial charge < -0.3 is 9.47 Å². The highest BCUT2D eigenvalue weighted by molar-refractivity contribution is 5.69. The second kappa shape index (κ2) is 43.1. The number of carbonyl (C=O) groups is 2. The normalized spacial score (nSPS) is 12.6. The maximum Gasteiger partial charge on any atom is 0.305 e. The molecule has 0 aliphatic rings. The SMILES string of the molecule is COC(=O)CCCCCCCCCCCC#C/C=C/C=C/C=C/C=C/C=C/C=C/C=C/C=C/C=C/C=C\CCCCCCCCCCCC(=O)OC. The third kappa shape index (κ3) is 42.1. The van der Waals surface area contributed by atoms with Crippen molar-refractivity contribution in [1.29, 1.82) is 0 Å². The van der Waals surface area contributed by atoms with Gasteiger partial charge in [-0.1, -0.05) is 217 Å². The first-order valence-electron chi connectivity index (χ1n) is 20.0. The molecule has 0 saturated carbocycles. The molecule has 0 atom stereocenters. The fraction of sp³-hybridized carbons (Fsp3) is 0.500. The van der Waals surface area contributed by atoms with Crippen LogP contribution in [0.25, 0.3) is 0 Å². The van der Waals surface area contributed by atoms with Crippen molar-refractivity contribution in [3.8, 4) is 11.8 Å². The molecule has 52 heavy (non-hydrogen) atoms. The number of carbonyl (C=O) groups excluding carboxylic acids is 2. The molecule has 4 nitrogen and oxygen atoms in total. The van der Waals surface area contributed by atoms with Gasteiger partial charge in [-0.2, -0.15) is 0 Å². The fourth-order valence-electron chi connectivity index (χ4n) is 5.13. The van der Waals surface area contributed by atoms with E-state index in [-0.39, 0.29) is 11.9 Å². The largest absolute Gasteiger partial charge is 0.469 e. The van der Waals surface area contributed by atoms with Crippen LogP contribution < -0.4 is 0 Å². The van der Waals surface area contributed by atoms with Crippen molar-refractivity contribution in [2.24, 2.45) is 0 Å². The highest BCUT2D eigenvalue weighted by atomic mass is 16.5. The van der Waals surface area contributed by atoms with E-state index in [2.05, 4.69) is 45.6 Å². The van der Waals surface area contributed by atoms with Gasteiger partial charge >= 0.3 is 11.9 Å². The van der Waals surface area contributed by atoms with Gasteiger partial charge in [-0.15, -0.1) is 0 Å². The molecule has 0 aromatic heterocycles. The van der Waals surface area contributed by atoms with Crippen LogP contribution in [-0.4, -0.2) is 26.2 Å². The molecule has 0 radical (unpaired) electrons. The Morgan fingerprint density at radius 1 is 0.385 bits per heavy atom. The number of ether oxygens (including phenoxy) is 2. The lowest BCUT2D eigenvalue weighted by molar-refractivity contribution is -0.141. The Labute approximate surface area is 319 Å². The van der Waals surface area contributed by atoms with E-state index in [0.29, 0.717) is 12.8 Å². The Morgan fingerprint density at radius 2 is 0.692 bits per heavy atom. The fourth-order valence-corrected chi connectivity index (χ4v) is 5.13. The number of rotatable bonds is 32. The molecule has 0 fully saturated rings. The molecule has 0 rings (SSSR count). The van der Waals surface area contributed by atoms with E-state index < -0.39 is 0 Å². The zero-order chi connectivity index (χ0) is 37.7. The molecule has 0 N–H and O–H groups in total. The quantitative estimate of drug-likeness (QED) is 0.0302. The first kappa shape index (κ1) is 47.9. The van der Waals surface area contributed by atoms with Crippen LogP contribution in [0, 0.1) is 11.8 Å². The number of hydrogen-bond donors (Lipinski definition) is 0. The lowest BCUT2D eigenvalue weighted by Crippen LogP contribution is -1.99. The van der Waals surface area contributed by atoms with E-state index in [1.807, 2.05) is 97.2 Å². The Morgan fingerprint density at radius 3 is 1.08 bits per heavy atom.